The Labute approximate surface area is 82.9 Å². The summed E-state index contributed by atoms with van der Waals surface area (Å²) in [5.74, 6) is -1.15. The third-order valence-corrected chi connectivity index (χ3v) is 2.57. The third kappa shape index (κ3) is 2.29. The summed E-state index contributed by atoms with van der Waals surface area (Å²) in [6.07, 6.45) is 0.776. The Kier molecular flexibility index (Phi) is 3.58. The highest BCUT2D eigenvalue weighted by atomic mass is 19.1. The van der Waals surface area contributed by atoms with E-state index in [1.165, 1.54) is 12.1 Å². The van der Waals surface area contributed by atoms with Gasteiger partial charge in [-0.15, -0.1) is 0 Å². The number of rotatable bonds is 3. The van der Waals surface area contributed by atoms with Crippen molar-refractivity contribution in [2.45, 2.75) is 32.2 Å². The van der Waals surface area contributed by atoms with E-state index in [4.69, 9.17) is 5.73 Å². The number of hydrogen-bond acceptors (Lipinski definition) is 1. The molecule has 3 heteroatoms. The predicted octanol–water partition coefficient (Wildman–Crippen LogP) is 2.81. The maximum absolute atomic E-state index is 13.3. The SMILES string of the molecule is CCC(N)C(C)c1ccc(F)cc1F. The Hall–Kier alpha value is -0.960. The van der Waals surface area contributed by atoms with Crippen LogP contribution in [0.25, 0.3) is 0 Å². The molecule has 1 aromatic rings. The molecule has 1 rings (SSSR count). The molecule has 2 atom stereocenters. The van der Waals surface area contributed by atoms with Gasteiger partial charge in [-0.3, -0.25) is 0 Å². The maximum atomic E-state index is 13.3. The fourth-order valence-corrected chi connectivity index (χ4v) is 1.45. The van der Waals surface area contributed by atoms with Gasteiger partial charge in [-0.1, -0.05) is 19.9 Å². The molecule has 14 heavy (non-hydrogen) atoms. The van der Waals surface area contributed by atoms with Crippen molar-refractivity contribution >= 4 is 0 Å². The second-order valence-electron chi connectivity index (χ2n) is 3.53. The normalized spacial score (nSPS) is 15.2. The molecule has 0 aliphatic heterocycles. The fraction of sp³-hybridized carbons (Fsp3) is 0.455. The lowest BCUT2D eigenvalue weighted by Gasteiger charge is -2.19. The first-order valence-electron chi connectivity index (χ1n) is 4.76. The van der Waals surface area contributed by atoms with Crippen molar-refractivity contribution in [1.82, 2.24) is 0 Å². The Morgan fingerprint density at radius 2 is 2.00 bits per heavy atom. The summed E-state index contributed by atoms with van der Waals surface area (Å²) in [5, 5.41) is 0. The molecule has 1 aromatic carbocycles. The van der Waals surface area contributed by atoms with Crippen LogP contribution in [-0.4, -0.2) is 6.04 Å². The molecule has 2 N–H and O–H groups in total. The van der Waals surface area contributed by atoms with E-state index >= 15 is 0 Å². The molecule has 0 bridgehead atoms. The third-order valence-electron chi connectivity index (χ3n) is 2.57. The molecular weight excluding hydrogens is 184 g/mol. The van der Waals surface area contributed by atoms with Gasteiger partial charge in [0.2, 0.25) is 0 Å². The van der Waals surface area contributed by atoms with Gasteiger partial charge in [0.15, 0.2) is 0 Å². The van der Waals surface area contributed by atoms with Gasteiger partial charge in [0.05, 0.1) is 0 Å². The van der Waals surface area contributed by atoms with Gasteiger partial charge in [0, 0.05) is 12.1 Å². The smallest absolute Gasteiger partial charge is 0.129 e. The molecule has 0 saturated carbocycles. The van der Waals surface area contributed by atoms with Crippen LogP contribution in [0.15, 0.2) is 18.2 Å². The van der Waals surface area contributed by atoms with E-state index in [9.17, 15) is 8.78 Å². The van der Waals surface area contributed by atoms with E-state index in [1.807, 2.05) is 13.8 Å². The van der Waals surface area contributed by atoms with Crippen molar-refractivity contribution < 1.29 is 8.78 Å². The molecule has 2 unspecified atom stereocenters. The highest BCUT2D eigenvalue weighted by molar-refractivity contribution is 5.23. The second-order valence-corrected chi connectivity index (χ2v) is 3.53. The predicted molar refractivity (Wildman–Crippen MR) is 53.0 cm³/mol. The fourth-order valence-electron chi connectivity index (χ4n) is 1.45. The molecule has 0 spiro atoms. The van der Waals surface area contributed by atoms with Gasteiger partial charge >= 0.3 is 0 Å². The Bertz CT molecular complexity index is 312. The van der Waals surface area contributed by atoms with E-state index in [1.54, 1.807) is 0 Å². The average Bonchev–Trinajstić information content (AvgIpc) is 2.15. The molecule has 78 valence electrons. The Balaban J connectivity index is 2.95. The highest BCUT2D eigenvalue weighted by Gasteiger charge is 2.16. The van der Waals surface area contributed by atoms with E-state index in [-0.39, 0.29) is 12.0 Å². The minimum absolute atomic E-state index is 0.0828. The Morgan fingerprint density at radius 1 is 1.36 bits per heavy atom. The van der Waals surface area contributed by atoms with E-state index < -0.39 is 11.6 Å². The molecular formula is C11H15F2N. The van der Waals surface area contributed by atoms with Crippen LogP contribution in [0.4, 0.5) is 8.78 Å². The number of nitrogens with two attached hydrogens (primary N) is 1. The van der Waals surface area contributed by atoms with Crippen LogP contribution in [-0.2, 0) is 0 Å². The van der Waals surface area contributed by atoms with Gasteiger partial charge in [0.25, 0.3) is 0 Å². The summed E-state index contributed by atoms with van der Waals surface area (Å²) in [5.41, 5.74) is 6.28. The molecule has 0 fully saturated rings. The lowest BCUT2D eigenvalue weighted by molar-refractivity contribution is 0.509. The van der Waals surface area contributed by atoms with E-state index in [0.717, 1.165) is 12.5 Å². The van der Waals surface area contributed by atoms with Gasteiger partial charge in [-0.25, -0.2) is 8.78 Å². The Morgan fingerprint density at radius 3 is 2.50 bits per heavy atom. The lowest BCUT2D eigenvalue weighted by atomic mass is 9.92. The van der Waals surface area contributed by atoms with Crippen molar-refractivity contribution in [3.63, 3.8) is 0 Å². The van der Waals surface area contributed by atoms with Crippen molar-refractivity contribution in [2.24, 2.45) is 5.73 Å². The zero-order valence-corrected chi connectivity index (χ0v) is 8.43. The van der Waals surface area contributed by atoms with Gasteiger partial charge in [-0.05, 0) is 24.0 Å². The van der Waals surface area contributed by atoms with Crippen molar-refractivity contribution in [3.8, 4) is 0 Å². The topological polar surface area (TPSA) is 26.0 Å². The van der Waals surface area contributed by atoms with Gasteiger partial charge in [-0.2, -0.15) is 0 Å². The molecule has 1 nitrogen and oxygen atoms in total. The summed E-state index contributed by atoms with van der Waals surface area (Å²) in [6.45, 7) is 3.80. The zero-order valence-electron chi connectivity index (χ0n) is 8.43. The number of benzene rings is 1. The zero-order chi connectivity index (χ0) is 10.7. The highest BCUT2D eigenvalue weighted by Crippen LogP contribution is 2.23. The van der Waals surface area contributed by atoms with E-state index in [0.29, 0.717) is 5.56 Å². The standard InChI is InChI=1S/C11H15F2N/c1-3-11(14)7(2)9-5-4-8(12)6-10(9)13/h4-7,11H,3,14H2,1-2H3. The summed E-state index contributed by atoms with van der Waals surface area (Å²) < 4.78 is 25.9. The van der Waals surface area contributed by atoms with Gasteiger partial charge < -0.3 is 5.73 Å². The van der Waals surface area contributed by atoms with Crippen LogP contribution in [0.3, 0.4) is 0 Å². The van der Waals surface area contributed by atoms with Crippen LogP contribution in [0, 0.1) is 11.6 Å². The summed E-state index contributed by atoms with van der Waals surface area (Å²) in [4.78, 5) is 0. The molecule has 0 aliphatic carbocycles. The first kappa shape index (κ1) is 11.1. The van der Waals surface area contributed by atoms with Gasteiger partial charge in [0.1, 0.15) is 11.6 Å². The van der Waals surface area contributed by atoms with Crippen LogP contribution in [0.5, 0.6) is 0 Å². The van der Waals surface area contributed by atoms with Crippen LogP contribution in [0.2, 0.25) is 0 Å². The molecule has 0 aliphatic rings. The molecule has 0 heterocycles. The van der Waals surface area contributed by atoms with Crippen LogP contribution in [0.1, 0.15) is 31.7 Å². The van der Waals surface area contributed by atoms with Crippen molar-refractivity contribution in [1.29, 1.82) is 0 Å². The molecule has 0 saturated heterocycles. The largest absolute Gasteiger partial charge is 0.327 e. The quantitative estimate of drug-likeness (QED) is 0.795. The molecule has 0 amide bonds. The van der Waals surface area contributed by atoms with E-state index in [2.05, 4.69) is 0 Å². The first-order valence-corrected chi connectivity index (χ1v) is 4.76. The van der Waals surface area contributed by atoms with Crippen molar-refractivity contribution in [3.05, 3.63) is 35.4 Å². The summed E-state index contributed by atoms with van der Waals surface area (Å²) in [6, 6.07) is 3.53. The number of halogens is 2. The minimum atomic E-state index is -0.552. The monoisotopic (exact) mass is 199 g/mol. The lowest BCUT2D eigenvalue weighted by Crippen LogP contribution is -2.26. The number of hydrogen-bond donors (Lipinski definition) is 1. The second kappa shape index (κ2) is 4.51. The van der Waals surface area contributed by atoms with Crippen LogP contribution >= 0.6 is 0 Å². The molecule has 0 aromatic heterocycles. The minimum Gasteiger partial charge on any atom is -0.327 e. The first-order chi connectivity index (χ1) is 6.56. The summed E-state index contributed by atoms with van der Waals surface area (Å²) in [7, 11) is 0. The summed E-state index contributed by atoms with van der Waals surface area (Å²) >= 11 is 0. The van der Waals surface area contributed by atoms with Crippen molar-refractivity contribution in [2.75, 3.05) is 0 Å². The van der Waals surface area contributed by atoms with Crippen LogP contribution < -0.4 is 5.73 Å². The molecule has 0 radical (unpaired) electrons. The maximum Gasteiger partial charge on any atom is 0.129 e. The average molecular weight is 199 g/mol.